The molecule has 0 saturated carbocycles. The van der Waals surface area contributed by atoms with Crippen LogP contribution in [0.1, 0.15) is 19.8 Å². The lowest BCUT2D eigenvalue weighted by molar-refractivity contribution is 0.0983. The molecule has 1 aliphatic rings. The molecule has 0 unspecified atom stereocenters. The molecule has 1 fully saturated rings. The van der Waals surface area contributed by atoms with Crippen LogP contribution in [0.5, 0.6) is 0 Å². The van der Waals surface area contributed by atoms with Gasteiger partial charge in [0, 0.05) is 26.2 Å². The summed E-state index contributed by atoms with van der Waals surface area (Å²) in [7, 11) is 1.86. The smallest absolute Gasteiger partial charge is 0.409 e. The van der Waals surface area contributed by atoms with Crippen LogP contribution in [0.25, 0.3) is 11.0 Å². The van der Waals surface area contributed by atoms with Gasteiger partial charge in [-0.05, 0) is 19.8 Å². The average Bonchev–Trinajstić information content (AvgIpc) is 2.91. The summed E-state index contributed by atoms with van der Waals surface area (Å²) < 4.78 is 6.76. The van der Waals surface area contributed by atoms with Gasteiger partial charge in [-0.3, -0.25) is 4.68 Å². The number of fused-ring (bicyclic) bond motifs is 1. The van der Waals surface area contributed by atoms with Crippen molar-refractivity contribution in [2.75, 3.05) is 25.0 Å². The van der Waals surface area contributed by atoms with Crippen LogP contribution in [0.15, 0.2) is 12.5 Å². The Bertz CT molecular complexity index is 662. The highest BCUT2D eigenvalue weighted by atomic mass is 16.6. The Hall–Kier alpha value is -2.38. The fourth-order valence-electron chi connectivity index (χ4n) is 2.69. The van der Waals surface area contributed by atoms with Gasteiger partial charge >= 0.3 is 6.09 Å². The molecule has 0 aliphatic carbocycles. The van der Waals surface area contributed by atoms with Crippen molar-refractivity contribution in [3.63, 3.8) is 0 Å². The van der Waals surface area contributed by atoms with Crippen LogP contribution in [0, 0.1) is 0 Å². The molecule has 1 amide bonds. The molecule has 0 radical (unpaired) electrons. The van der Waals surface area contributed by atoms with Crippen LogP contribution in [-0.4, -0.2) is 56.5 Å². The molecule has 0 bridgehead atoms. The quantitative estimate of drug-likeness (QED) is 0.922. The molecular weight excluding hydrogens is 284 g/mol. The fraction of sp³-hybridized carbons (Fsp3) is 0.571. The third kappa shape index (κ3) is 2.81. The lowest BCUT2D eigenvalue weighted by Crippen LogP contribution is -2.42. The van der Waals surface area contributed by atoms with Crippen LogP contribution in [0.2, 0.25) is 0 Å². The number of hydrogen-bond donors (Lipinski definition) is 1. The second-order valence-electron chi connectivity index (χ2n) is 5.33. The molecule has 8 nitrogen and oxygen atoms in total. The van der Waals surface area contributed by atoms with E-state index < -0.39 is 0 Å². The lowest BCUT2D eigenvalue weighted by atomic mass is 10.1. The summed E-state index contributed by atoms with van der Waals surface area (Å²) in [6, 6.07) is 0.281. The number of aryl methyl sites for hydroxylation is 1. The van der Waals surface area contributed by atoms with E-state index >= 15 is 0 Å². The molecule has 2 aromatic heterocycles. The highest BCUT2D eigenvalue weighted by Crippen LogP contribution is 2.21. The second kappa shape index (κ2) is 6.17. The van der Waals surface area contributed by atoms with Crippen LogP contribution < -0.4 is 5.32 Å². The van der Waals surface area contributed by atoms with E-state index in [1.54, 1.807) is 22.1 Å². The predicted molar refractivity (Wildman–Crippen MR) is 81.5 cm³/mol. The van der Waals surface area contributed by atoms with Crippen LogP contribution in [-0.2, 0) is 11.8 Å². The molecule has 0 spiro atoms. The molecule has 3 heterocycles. The van der Waals surface area contributed by atoms with E-state index in [2.05, 4.69) is 20.4 Å². The standard InChI is InChI=1S/C14H20N6O2/c1-3-22-14(21)20-6-4-10(5-7-20)18-12-11-8-17-19(2)13(11)16-9-15-12/h8-10H,3-7H2,1-2H3,(H,15,16,18). The van der Waals surface area contributed by atoms with Gasteiger partial charge in [-0.1, -0.05) is 0 Å². The minimum atomic E-state index is -0.224. The maximum absolute atomic E-state index is 11.7. The molecule has 1 N–H and O–H groups in total. The highest BCUT2D eigenvalue weighted by Gasteiger charge is 2.24. The molecule has 2 aromatic rings. The topological polar surface area (TPSA) is 85.2 Å². The van der Waals surface area contributed by atoms with Gasteiger partial charge in [0.25, 0.3) is 0 Å². The van der Waals surface area contributed by atoms with E-state index in [1.165, 1.54) is 0 Å². The minimum Gasteiger partial charge on any atom is -0.450 e. The Morgan fingerprint density at radius 1 is 1.41 bits per heavy atom. The average molecular weight is 304 g/mol. The molecule has 3 rings (SSSR count). The van der Waals surface area contributed by atoms with Gasteiger partial charge in [0.1, 0.15) is 12.1 Å². The number of likely N-dealkylation sites (tertiary alicyclic amines) is 1. The SMILES string of the molecule is CCOC(=O)N1CCC(Nc2ncnc3c2cnn3C)CC1. The Labute approximate surface area is 128 Å². The zero-order chi connectivity index (χ0) is 15.5. The molecule has 0 aromatic carbocycles. The molecule has 22 heavy (non-hydrogen) atoms. The maximum atomic E-state index is 11.7. The zero-order valence-corrected chi connectivity index (χ0v) is 12.8. The Balaban J connectivity index is 1.64. The minimum absolute atomic E-state index is 0.224. The third-order valence-electron chi connectivity index (χ3n) is 3.89. The summed E-state index contributed by atoms with van der Waals surface area (Å²) in [6.07, 6.45) is 4.82. The van der Waals surface area contributed by atoms with E-state index in [0.717, 1.165) is 29.7 Å². The van der Waals surface area contributed by atoms with E-state index in [9.17, 15) is 4.79 Å². The van der Waals surface area contributed by atoms with Crippen LogP contribution in [0.3, 0.4) is 0 Å². The van der Waals surface area contributed by atoms with Crippen LogP contribution in [0.4, 0.5) is 10.6 Å². The van der Waals surface area contributed by atoms with Crippen molar-refractivity contribution in [1.82, 2.24) is 24.6 Å². The van der Waals surface area contributed by atoms with Crippen molar-refractivity contribution in [3.05, 3.63) is 12.5 Å². The number of carbonyl (C=O) groups is 1. The molecule has 1 saturated heterocycles. The molecule has 1 aliphatic heterocycles. The fourth-order valence-corrected chi connectivity index (χ4v) is 2.69. The summed E-state index contributed by atoms with van der Waals surface area (Å²) in [4.78, 5) is 22.0. The Morgan fingerprint density at radius 3 is 2.91 bits per heavy atom. The summed E-state index contributed by atoms with van der Waals surface area (Å²) in [5.74, 6) is 0.799. The number of nitrogens with one attached hydrogen (secondary N) is 1. The van der Waals surface area contributed by atoms with E-state index in [0.29, 0.717) is 19.7 Å². The number of hydrogen-bond acceptors (Lipinski definition) is 6. The van der Waals surface area contributed by atoms with E-state index in [1.807, 2.05) is 14.0 Å². The van der Waals surface area contributed by atoms with Crippen LogP contribution >= 0.6 is 0 Å². The number of rotatable bonds is 3. The number of anilines is 1. The first-order valence-electron chi connectivity index (χ1n) is 7.50. The van der Waals surface area contributed by atoms with Gasteiger partial charge in [-0.2, -0.15) is 5.10 Å². The van der Waals surface area contributed by atoms with Gasteiger partial charge in [-0.15, -0.1) is 0 Å². The Kier molecular flexibility index (Phi) is 4.08. The Morgan fingerprint density at radius 2 is 2.18 bits per heavy atom. The number of amides is 1. The number of ether oxygens (including phenoxy) is 1. The first kappa shape index (κ1) is 14.6. The van der Waals surface area contributed by atoms with Crippen molar-refractivity contribution < 1.29 is 9.53 Å². The second-order valence-corrected chi connectivity index (χ2v) is 5.33. The van der Waals surface area contributed by atoms with Gasteiger partial charge in [0.15, 0.2) is 5.65 Å². The summed E-state index contributed by atoms with van der Waals surface area (Å²) >= 11 is 0. The lowest BCUT2D eigenvalue weighted by Gasteiger charge is -2.31. The molecule has 118 valence electrons. The van der Waals surface area contributed by atoms with Gasteiger partial charge < -0.3 is 15.0 Å². The number of piperidine rings is 1. The monoisotopic (exact) mass is 304 g/mol. The van der Waals surface area contributed by atoms with Crippen molar-refractivity contribution in [1.29, 1.82) is 0 Å². The van der Waals surface area contributed by atoms with Gasteiger partial charge in [0.2, 0.25) is 0 Å². The van der Waals surface area contributed by atoms with E-state index in [4.69, 9.17) is 4.74 Å². The van der Waals surface area contributed by atoms with Crippen molar-refractivity contribution in [3.8, 4) is 0 Å². The molecular formula is C14H20N6O2. The van der Waals surface area contributed by atoms with Gasteiger partial charge in [0.05, 0.1) is 18.2 Å². The largest absolute Gasteiger partial charge is 0.450 e. The first-order chi connectivity index (χ1) is 10.7. The van der Waals surface area contributed by atoms with Crippen molar-refractivity contribution >= 4 is 22.9 Å². The zero-order valence-electron chi connectivity index (χ0n) is 12.8. The normalized spacial score (nSPS) is 16.0. The summed E-state index contributed by atoms with van der Waals surface area (Å²) in [6.45, 7) is 3.62. The number of aromatic nitrogens is 4. The molecule has 0 atom stereocenters. The van der Waals surface area contributed by atoms with Crippen molar-refractivity contribution in [2.45, 2.75) is 25.8 Å². The third-order valence-corrected chi connectivity index (χ3v) is 3.89. The van der Waals surface area contributed by atoms with Gasteiger partial charge in [-0.25, -0.2) is 14.8 Å². The predicted octanol–water partition coefficient (Wildman–Crippen LogP) is 1.40. The number of nitrogens with zero attached hydrogens (tertiary/aromatic N) is 5. The van der Waals surface area contributed by atoms with E-state index in [-0.39, 0.29) is 12.1 Å². The summed E-state index contributed by atoms with van der Waals surface area (Å²) in [5.41, 5.74) is 0.807. The maximum Gasteiger partial charge on any atom is 0.409 e. The first-order valence-corrected chi connectivity index (χ1v) is 7.50. The van der Waals surface area contributed by atoms with Crippen molar-refractivity contribution in [2.24, 2.45) is 7.05 Å². The number of carbonyl (C=O) groups excluding carboxylic acids is 1. The summed E-state index contributed by atoms with van der Waals surface area (Å²) in [5, 5.41) is 8.57. The highest BCUT2D eigenvalue weighted by molar-refractivity contribution is 5.86. The molecule has 8 heteroatoms.